The van der Waals surface area contributed by atoms with Crippen LogP contribution in [0.4, 0.5) is 0 Å². The van der Waals surface area contributed by atoms with Gasteiger partial charge in [-0.05, 0) is 17.7 Å². The molecule has 0 atom stereocenters. The van der Waals surface area contributed by atoms with Gasteiger partial charge in [-0.25, -0.2) is 4.79 Å². The van der Waals surface area contributed by atoms with Gasteiger partial charge in [-0.15, -0.1) is 0 Å². The third kappa shape index (κ3) is 4.09. The van der Waals surface area contributed by atoms with Gasteiger partial charge in [-0.3, -0.25) is 4.79 Å². The Labute approximate surface area is 116 Å². The normalized spacial score (nSPS) is 10.7. The Kier molecular flexibility index (Phi) is 5.58. The van der Waals surface area contributed by atoms with Gasteiger partial charge in [0, 0.05) is 27.9 Å². The maximum absolute atomic E-state index is 11.8. The van der Waals surface area contributed by atoms with E-state index in [2.05, 4.69) is 31.9 Å². The number of hydrogen-bond acceptors (Lipinski definition) is 2. The first kappa shape index (κ1) is 14.1. The zero-order chi connectivity index (χ0) is 12.8. The van der Waals surface area contributed by atoms with E-state index in [0.717, 1.165) is 6.08 Å². The van der Waals surface area contributed by atoms with Crippen molar-refractivity contribution in [1.29, 1.82) is 0 Å². The highest BCUT2D eigenvalue weighted by Crippen LogP contribution is 2.23. The molecule has 0 radical (unpaired) electrons. The molecular weight excluding hydrogens is 352 g/mol. The quantitative estimate of drug-likeness (QED) is 0.496. The van der Waals surface area contributed by atoms with Gasteiger partial charge in [0.15, 0.2) is 5.78 Å². The molecule has 0 aliphatic heterocycles. The standard InChI is InChI=1S/C12H10Br2O3/c13-7-6-11(15)9-2-1-3-10(14)8(9)4-5-12(16)17/h1-5H,6-7H2,(H,16,17)/b5-4+. The molecule has 0 heterocycles. The number of carboxylic acid groups (broad SMARTS) is 1. The number of benzene rings is 1. The molecule has 0 unspecified atom stereocenters. The molecule has 1 N–H and O–H groups in total. The van der Waals surface area contributed by atoms with Crippen molar-refractivity contribution in [2.75, 3.05) is 5.33 Å². The van der Waals surface area contributed by atoms with Crippen molar-refractivity contribution in [2.45, 2.75) is 6.42 Å². The SMILES string of the molecule is O=C(O)/C=C/c1c(Br)cccc1C(=O)CCBr. The van der Waals surface area contributed by atoms with Crippen LogP contribution < -0.4 is 0 Å². The van der Waals surface area contributed by atoms with Crippen LogP contribution >= 0.6 is 31.9 Å². The Hall–Kier alpha value is -0.940. The lowest BCUT2D eigenvalue weighted by Crippen LogP contribution is -2.03. The smallest absolute Gasteiger partial charge is 0.328 e. The average Bonchev–Trinajstić information content (AvgIpc) is 2.27. The van der Waals surface area contributed by atoms with Crippen molar-refractivity contribution < 1.29 is 14.7 Å². The van der Waals surface area contributed by atoms with Gasteiger partial charge >= 0.3 is 5.97 Å². The second kappa shape index (κ2) is 6.71. The Morgan fingerprint density at radius 2 is 2.06 bits per heavy atom. The van der Waals surface area contributed by atoms with Crippen molar-refractivity contribution in [1.82, 2.24) is 0 Å². The topological polar surface area (TPSA) is 54.4 Å². The first-order chi connectivity index (χ1) is 8.06. The zero-order valence-corrected chi connectivity index (χ0v) is 12.0. The molecule has 90 valence electrons. The highest BCUT2D eigenvalue weighted by Gasteiger charge is 2.11. The Morgan fingerprint density at radius 1 is 1.35 bits per heavy atom. The highest BCUT2D eigenvalue weighted by molar-refractivity contribution is 9.10. The summed E-state index contributed by atoms with van der Waals surface area (Å²) in [6.07, 6.45) is 2.82. The Balaban J connectivity index is 3.17. The van der Waals surface area contributed by atoms with Crippen molar-refractivity contribution >= 4 is 49.7 Å². The van der Waals surface area contributed by atoms with Gasteiger partial charge in [0.25, 0.3) is 0 Å². The van der Waals surface area contributed by atoms with E-state index in [1.54, 1.807) is 18.2 Å². The minimum absolute atomic E-state index is 0.0202. The molecule has 0 amide bonds. The molecule has 17 heavy (non-hydrogen) atoms. The van der Waals surface area contributed by atoms with Gasteiger partial charge in [0.2, 0.25) is 0 Å². The summed E-state index contributed by atoms with van der Waals surface area (Å²) < 4.78 is 0.704. The van der Waals surface area contributed by atoms with E-state index in [9.17, 15) is 9.59 Å². The molecule has 1 aromatic rings. The van der Waals surface area contributed by atoms with Crippen LogP contribution in [-0.4, -0.2) is 22.2 Å². The Bertz CT molecular complexity index is 467. The van der Waals surface area contributed by atoms with E-state index in [-0.39, 0.29) is 5.78 Å². The highest BCUT2D eigenvalue weighted by atomic mass is 79.9. The summed E-state index contributed by atoms with van der Waals surface area (Å²) in [5.41, 5.74) is 1.12. The number of ketones is 1. The molecule has 3 nitrogen and oxygen atoms in total. The van der Waals surface area contributed by atoms with E-state index in [0.29, 0.717) is 27.4 Å². The van der Waals surface area contributed by atoms with Gasteiger partial charge in [0.1, 0.15) is 0 Å². The molecule has 0 saturated carbocycles. The molecular formula is C12H10Br2O3. The first-order valence-electron chi connectivity index (χ1n) is 4.85. The van der Waals surface area contributed by atoms with Crippen molar-refractivity contribution in [3.63, 3.8) is 0 Å². The third-order valence-corrected chi connectivity index (χ3v) is 3.16. The summed E-state index contributed by atoms with van der Waals surface area (Å²) in [6, 6.07) is 5.22. The molecule has 0 spiro atoms. The summed E-state index contributed by atoms with van der Waals surface area (Å²) >= 11 is 6.52. The molecule has 0 fully saturated rings. The van der Waals surface area contributed by atoms with Crippen LogP contribution in [0.5, 0.6) is 0 Å². The van der Waals surface area contributed by atoms with E-state index in [4.69, 9.17) is 5.11 Å². The van der Waals surface area contributed by atoms with Crippen LogP contribution in [0.1, 0.15) is 22.3 Å². The minimum Gasteiger partial charge on any atom is -0.478 e. The third-order valence-electron chi connectivity index (χ3n) is 2.07. The van der Waals surface area contributed by atoms with E-state index >= 15 is 0 Å². The van der Waals surface area contributed by atoms with Crippen LogP contribution in [0.3, 0.4) is 0 Å². The maximum Gasteiger partial charge on any atom is 0.328 e. The van der Waals surface area contributed by atoms with Gasteiger partial charge in [0.05, 0.1) is 0 Å². The predicted molar refractivity (Wildman–Crippen MR) is 73.6 cm³/mol. The average molecular weight is 362 g/mol. The number of aliphatic carboxylic acids is 1. The number of alkyl halides is 1. The second-order valence-electron chi connectivity index (χ2n) is 3.23. The number of carbonyl (C=O) groups is 2. The fourth-order valence-electron chi connectivity index (χ4n) is 1.32. The lowest BCUT2D eigenvalue weighted by Gasteiger charge is -2.06. The summed E-state index contributed by atoms with van der Waals surface area (Å²) in [5, 5.41) is 9.19. The molecule has 5 heteroatoms. The van der Waals surface area contributed by atoms with Crippen LogP contribution in [0, 0.1) is 0 Å². The van der Waals surface area contributed by atoms with E-state index in [1.165, 1.54) is 6.08 Å². The van der Waals surface area contributed by atoms with Crippen LogP contribution in [-0.2, 0) is 4.79 Å². The van der Waals surface area contributed by atoms with Crippen LogP contribution in [0.2, 0.25) is 0 Å². The molecule has 0 bridgehead atoms. The minimum atomic E-state index is -1.04. The molecule has 0 saturated heterocycles. The van der Waals surface area contributed by atoms with Crippen LogP contribution in [0.25, 0.3) is 6.08 Å². The summed E-state index contributed by atoms with van der Waals surface area (Å²) in [6.45, 7) is 0. The number of halogens is 2. The summed E-state index contributed by atoms with van der Waals surface area (Å²) in [5.74, 6) is -1.06. The van der Waals surface area contributed by atoms with Crippen molar-refractivity contribution in [3.05, 3.63) is 39.9 Å². The first-order valence-corrected chi connectivity index (χ1v) is 6.76. The number of carbonyl (C=O) groups excluding carboxylic acids is 1. The molecule has 0 aliphatic carbocycles. The fourth-order valence-corrected chi connectivity index (χ4v) is 2.18. The number of rotatable bonds is 5. The molecule has 0 aliphatic rings. The largest absolute Gasteiger partial charge is 0.478 e. The summed E-state index contributed by atoms with van der Waals surface area (Å²) in [7, 11) is 0. The fraction of sp³-hybridized carbons (Fsp3) is 0.167. The molecule has 1 aromatic carbocycles. The monoisotopic (exact) mass is 360 g/mol. The molecule has 0 aromatic heterocycles. The molecule has 1 rings (SSSR count). The number of hydrogen-bond donors (Lipinski definition) is 1. The number of carboxylic acids is 1. The zero-order valence-electron chi connectivity index (χ0n) is 8.82. The van der Waals surface area contributed by atoms with Gasteiger partial charge < -0.3 is 5.11 Å². The van der Waals surface area contributed by atoms with Crippen molar-refractivity contribution in [3.8, 4) is 0 Å². The second-order valence-corrected chi connectivity index (χ2v) is 4.88. The Morgan fingerprint density at radius 3 is 2.65 bits per heavy atom. The lowest BCUT2D eigenvalue weighted by molar-refractivity contribution is -0.131. The van der Waals surface area contributed by atoms with Crippen molar-refractivity contribution in [2.24, 2.45) is 0 Å². The van der Waals surface area contributed by atoms with Gasteiger partial charge in [-0.1, -0.05) is 44.0 Å². The van der Waals surface area contributed by atoms with Gasteiger partial charge in [-0.2, -0.15) is 0 Å². The van der Waals surface area contributed by atoms with E-state index in [1.807, 2.05) is 0 Å². The maximum atomic E-state index is 11.8. The summed E-state index contributed by atoms with van der Waals surface area (Å²) in [4.78, 5) is 22.3. The number of Topliss-reactive ketones (excluding diaryl/α,β-unsaturated/α-hetero) is 1. The van der Waals surface area contributed by atoms with E-state index < -0.39 is 5.97 Å². The lowest BCUT2D eigenvalue weighted by atomic mass is 10.0. The predicted octanol–water partition coefficient (Wildman–Crippen LogP) is 3.51. The van der Waals surface area contributed by atoms with Crippen LogP contribution in [0.15, 0.2) is 28.7 Å².